The summed E-state index contributed by atoms with van der Waals surface area (Å²) in [6.45, 7) is -0.433. The summed E-state index contributed by atoms with van der Waals surface area (Å²) in [5.74, 6) is 4.99. The van der Waals surface area contributed by atoms with E-state index in [9.17, 15) is 13.2 Å². The third-order valence-corrected chi connectivity index (χ3v) is 3.31. The van der Waals surface area contributed by atoms with Gasteiger partial charge in [-0.3, -0.25) is 4.57 Å². The van der Waals surface area contributed by atoms with Crippen LogP contribution < -0.4 is 0 Å². The van der Waals surface area contributed by atoms with Gasteiger partial charge in [-0.1, -0.05) is 30.0 Å². The van der Waals surface area contributed by atoms with Crippen molar-refractivity contribution in [3.63, 3.8) is 0 Å². The molecule has 0 atom stereocenters. The van der Waals surface area contributed by atoms with E-state index in [1.54, 1.807) is 4.57 Å². The second-order valence-corrected chi connectivity index (χ2v) is 4.80. The van der Waals surface area contributed by atoms with Crippen LogP contribution in [-0.2, 0) is 6.18 Å². The van der Waals surface area contributed by atoms with Crippen LogP contribution >= 0.6 is 0 Å². The molecule has 0 aliphatic heterocycles. The van der Waals surface area contributed by atoms with Crippen molar-refractivity contribution >= 4 is 11.0 Å². The normalized spacial score (nSPS) is 11.3. The van der Waals surface area contributed by atoms with Gasteiger partial charge in [0.25, 0.3) is 0 Å². The molecule has 1 N–H and O–H groups in total. The minimum atomic E-state index is -4.49. The van der Waals surface area contributed by atoms with Gasteiger partial charge in [-0.2, -0.15) is 13.2 Å². The van der Waals surface area contributed by atoms with Crippen LogP contribution in [0.15, 0.2) is 48.8 Å². The number of aliphatic hydroxyl groups excluding tert-OH is 1. The van der Waals surface area contributed by atoms with Crippen LogP contribution in [0.3, 0.4) is 0 Å². The third kappa shape index (κ3) is 2.91. The number of nitrogens with zero attached hydrogens (tertiary/aromatic N) is 2. The first-order chi connectivity index (χ1) is 11.0. The molecule has 0 unspecified atom stereocenters. The van der Waals surface area contributed by atoms with E-state index in [1.807, 2.05) is 30.3 Å². The molecule has 0 saturated carbocycles. The Morgan fingerprint density at radius 2 is 1.87 bits per heavy atom. The number of imidazole rings is 1. The van der Waals surface area contributed by atoms with Gasteiger partial charge in [0.15, 0.2) is 0 Å². The molecule has 2 aromatic carbocycles. The van der Waals surface area contributed by atoms with E-state index in [0.717, 1.165) is 17.8 Å². The largest absolute Gasteiger partial charge is 0.416 e. The Balaban J connectivity index is 2.30. The summed E-state index contributed by atoms with van der Waals surface area (Å²) in [4.78, 5) is 4.07. The Bertz CT molecular complexity index is 902. The van der Waals surface area contributed by atoms with E-state index in [0.29, 0.717) is 5.52 Å². The maximum Gasteiger partial charge on any atom is 0.416 e. The average Bonchev–Trinajstić information content (AvgIpc) is 2.96. The maximum absolute atomic E-state index is 13.0. The number of benzene rings is 2. The molecule has 1 heterocycles. The summed E-state index contributed by atoms with van der Waals surface area (Å²) in [7, 11) is 0. The number of hydrogen-bond acceptors (Lipinski definition) is 2. The van der Waals surface area contributed by atoms with Crippen molar-refractivity contribution in [2.75, 3.05) is 6.61 Å². The fourth-order valence-electron chi connectivity index (χ4n) is 2.33. The standard InChI is InChI=1S/C17H11F3N2O/c18-17(19,20)13-9-12(5-4-8-23)16-15(10-13)21-11-22(16)14-6-2-1-3-7-14/h1-3,6-7,9-11,23H,8H2. The molecule has 0 aliphatic carbocycles. The van der Waals surface area contributed by atoms with Gasteiger partial charge in [0.2, 0.25) is 0 Å². The average molecular weight is 316 g/mol. The van der Waals surface area contributed by atoms with Crippen molar-refractivity contribution in [3.8, 4) is 17.5 Å². The quantitative estimate of drug-likeness (QED) is 0.699. The van der Waals surface area contributed by atoms with Crippen molar-refractivity contribution in [2.24, 2.45) is 0 Å². The third-order valence-electron chi connectivity index (χ3n) is 3.31. The molecule has 23 heavy (non-hydrogen) atoms. The summed E-state index contributed by atoms with van der Waals surface area (Å²) in [5.41, 5.74) is 0.800. The lowest BCUT2D eigenvalue weighted by Crippen LogP contribution is -2.06. The second-order valence-electron chi connectivity index (χ2n) is 4.80. The van der Waals surface area contributed by atoms with Gasteiger partial charge in [0.1, 0.15) is 12.9 Å². The number of rotatable bonds is 1. The van der Waals surface area contributed by atoms with Gasteiger partial charge >= 0.3 is 6.18 Å². The van der Waals surface area contributed by atoms with Crippen molar-refractivity contribution in [1.82, 2.24) is 9.55 Å². The van der Waals surface area contributed by atoms with Crippen LogP contribution in [0.2, 0.25) is 0 Å². The number of aromatic nitrogens is 2. The van der Waals surface area contributed by atoms with Crippen molar-refractivity contribution in [2.45, 2.75) is 6.18 Å². The second kappa shape index (κ2) is 5.78. The molecule has 116 valence electrons. The minimum absolute atomic E-state index is 0.172. The first-order valence-electron chi connectivity index (χ1n) is 6.74. The van der Waals surface area contributed by atoms with Crippen LogP contribution in [0.5, 0.6) is 0 Å². The van der Waals surface area contributed by atoms with Crippen LogP contribution in [-0.4, -0.2) is 21.3 Å². The fourth-order valence-corrected chi connectivity index (χ4v) is 2.33. The predicted octanol–water partition coefficient (Wildman–Crippen LogP) is 3.39. The number of hydrogen-bond donors (Lipinski definition) is 1. The Labute approximate surface area is 130 Å². The number of alkyl halides is 3. The molecular formula is C17H11F3N2O. The minimum Gasteiger partial charge on any atom is -0.384 e. The van der Waals surface area contributed by atoms with Gasteiger partial charge in [-0.15, -0.1) is 0 Å². The van der Waals surface area contributed by atoms with Gasteiger partial charge in [-0.05, 0) is 24.3 Å². The highest BCUT2D eigenvalue weighted by Crippen LogP contribution is 2.33. The van der Waals surface area contributed by atoms with E-state index in [4.69, 9.17) is 5.11 Å². The van der Waals surface area contributed by atoms with Crippen molar-refractivity contribution in [1.29, 1.82) is 0 Å². The molecule has 3 aromatic rings. The molecule has 0 bridgehead atoms. The Kier molecular flexibility index (Phi) is 3.80. The zero-order valence-electron chi connectivity index (χ0n) is 11.8. The number of para-hydroxylation sites is 1. The van der Waals surface area contributed by atoms with Crippen LogP contribution in [0, 0.1) is 11.8 Å². The highest BCUT2D eigenvalue weighted by molar-refractivity contribution is 5.85. The lowest BCUT2D eigenvalue weighted by atomic mass is 10.1. The molecule has 0 aliphatic rings. The number of aliphatic hydroxyl groups is 1. The molecule has 0 amide bonds. The molecule has 0 radical (unpaired) electrons. The summed E-state index contributed by atoms with van der Waals surface area (Å²) < 4.78 is 40.7. The summed E-state index contributed by atoms with van der Waals surface area (Å²) >= 11 is 0. The monoisotopic (exact) mass is 316 g/mol. The number of halogens is 3. The molecule has 1 aromatic heterocycles. The van der Waals surface area contributed by atoms with Gasteiger partial charge in [-0.25, -0.2) is 4.98 Å². The van der Waals surface area contributed by atoms with Crippen LogP contribution in [0.1, 0.15) is 11.1 Å². The smallest absolute Gasteiger partial charge is 0.384 e. The maximum atomic E-state index is 13.0. The SMILES string of the molecule is OCC#Cc1cc(C(F)(F)F)cc2ncn(-c3ccccc3)c12. The summed E-state index contributed by atoms with van der Waals surface area (Å²) in [6.07, 6.45) is -3.02. The van der Waals surface area contributed by atoms with Gasteiger partial charge in [0, 0.05) is 5.69 Å². The lowest BCUT2D eigenvalue weighted by molar-refractivity contribution is -0.137. The lowest BCUT2D eigenvalue weighted by Gasteiger charge is -2.10. The Morgan fingerprint density at radius 1 is 1.13 bits per heavy atom. The zero-order chi connectivity index (χ0) is 16.4. The Hall–Kier alpha value is -2.78. The first-order valence-corrected chi connectivity index (χ1v) is 6.74. The Morgan fingerprint density at radius 3 is 2.52 bits per heavy atom. The summed E-state index contributed by atoms with van der Waals surface area (Å²) in [5, 5.41) is 8.85. The van der Waals surface area contributed by atoms with Crippen LogP contribution in [0.4, 0.5) is 13.2 Å². The zero-order valence-corrected chi connectivity index (χ0v) is 11.8. The van der Waals surface area contributed by atoms with Crippen molar-refractivity contribution in [3.05, 3.63) is 59.9 Å². The predicted molar refractivity (Wildman–Crippen MR) is 80.0 cm³/mol. The molecule has 3 nitrogen and oxygen atoms in total. The number of fused-ring (bicyclic) bond motifs is 1. The molecule has 3 rings (SSSR count). The van der Waals surface area contributed by atoms with Gasteiger partial charge < -0.3 is 5.11 Å². The van der Waals surface area contributed by atoms with Crippen molar-refractivity contribution < 1.29 is 18.3 Å². The molecule has 0 spiro atoms. The highest BCUT2D eigenvalue weighted by Gasteiger charge is 2.32. The van der Waals surface area contributed by atoms with E-state index in [-0.39, 0.29) is 11.1 Å². The van der Waals surface area contributed by atoms with E-state index < -0.39 is 18.3 Å². The first kappa shape index (κ1) is 15.1. The topological polar surface area (TPSA) is 38.1 Å². The molecular weight excluding hydrogens is 305 g/mol. The molecule has 6 heteroatoms. The van der Waals surface area contributed by atoms with Crippen LogP contribution in [0.25, 0.3) is 16.7 Å². The van der Waals surface area contributed by atoms with E-state index in [2.05, 4.69) is 16.8 Å². The van der Waals surface area contributed by atoms with Gasteiger partial charge in [0.05, 0.1) is 22.2 Å². The van der Waals surface area contributed by atoms with E-state index in [1.165, 1.54) is 6.33 Å². The summed E-state index contributed by atoms with van der Waals surface area (Å²) in [6, 6.07) is 11.1. The fraction of sp³-hybridized carbons (Fsp3) is 0.118. The highest BCUT2D eigenvalue weighted by atomic mass is 19.4. The molecule has 0 saturated heterocycles. The molecule has 0 fully saturated rings. The van der Waals surface area contributed by atoms with E-state index >= 15 is 0 Å².